The van der Waals surface area contributed by atoms with E-state index in [0.29, 0.717) is 26.4 Å². The van der Waals surface area contributed by atoms with E-state index in [4.69, 9.17) is 27.8 Å². The zero-order valence-electron chi connectivity index (χ0n) is 17.6. The molecular weight excluding hydrogens is 352 g/mol. The summed E-state index contributed by atoms with van der Waals surface area (Å²) in [7, 11) is -3.25. The van der Waals surface area contributed by atoms with Crippen molar-refractivity contribution in [2.24, 2.45) is 0 Å². The van der Waals surface area contributed by atoms with Crippen molar-refractivity contribution in [3.63, 3.8) is 0 Å². The predicted molar refractivity (Wildman–Crippen MR) is 105 cm³/mol. The zero-order chi connectivity index (χ0) is 19.3. The Hall–Kier alpha value is -0.0231. The maximum absolute atomic E-state index is 5.49. The van der Waals surface area contributed by atoms with Crippen molar-refractivity contribution in [1.82, 2.24) is 0 Å². The molecule has 0 saturated carbocycles. The van der Waals surface area contributed by atoms with Crippen LogP contribution in [0.1, 0.15) is 98.3 Å². The van der Waals surface area contributed by atoms with Crippen molar-refractivity contribution in [3.8, 4) is 0 Å². The minimum Gasteiger partial charge on any atom is -0.350 e. The quantitative estimate of drug-likeness (QED) is 0.107. The van der Waals surface area contributed by atoms with E-state index in [1.165, 1.54) is 57.8 Å². The van der Waals surface area contributed by atoms with Crippen LogP contribution in [-0.2, 0) is 27.8 Å². The van der Waals surface area contributed by atoms with Gasteiger partial charge in [0.05, 0.1) is 6.61 Å². The van der Waals surface area contributed by atoms with Crippen LogP contribution in [0.2, 0.25) is 0 Å². The summed E-state index contributed by atoms with van der Waals surface area (Å²) >= 11 is 0. The number of rotatable bonds is 21. The highest BCUT2D eigenvalue weighted by molar-refractivity contribution is 6.53. The van der Waals surface area contributed by atoms with Crippen molar-refractivity contribution < 1.29 is 27.8 Å². The van der Waals surface area contributed by atoms with Crippen LogP contribution >= 0.6 is 0 Å². The normalized spacial score (nSPS) is 12.0. The molecule has 0 spiro atoms. The Morgan fingerprint density at radius 1 is 0.538 bits per heavy atom. The Kier molecular flexibility index (Phi) is 19.7. The molecule has 0 amide bonds. The lowest BCUT2D eigenvalue weighted by molar-refractivity contribution is -0.490. The molecule has 0 aliphatic carbocycles. The number of unbranched alkanes of at least 4 members (excludes halogenated alkanes) is 10. The minimum atomic E-state index is -3.25. The molecule has 7 heteroatoms. The molecule has 26 heavy (non-hydrogen) atoms. The van der Waals surface area contributed by atoms with Gasteiger partial charge in [-0.05, 0) is 27.2 Å². The van der Waals surface area contributed by atoms with E-state index in [2.05, 4.69) is 6.92 Å². The van der Waals surface area contributed by atoms with Gasteiger partial charge in [0.25, 0.3) is 0 Å². The topological polar surface area (TPSA) is 55.4 Å². The maximum atomic E-state index is 5.49. The van der Waals surface area contributed by atoms with Gasteiger partial charge in [0, 0.05) is 19.8 Å². The molecule has 0 saturated heterocycles. The van der Waals surface area contributed by atoms with E-state index in [0.717, 1.165) is 12.8 Å². The molecule has 0 aromatic heterocycles. The fraction of sp³-hybridized carbons (Fsp3) is 1.00. The first-order valence-electron chi connectivity index (χ1n) is 10.6. The highest BCUT2D eigenvalue weighted by atomic mass is 28.4. The van der Waals surface area contributed by atoms with Crippen LogP contribution in [0.4, 0.5) is 0 Å². The molecule has 158 valence electrons. The van der Waals surface area contributed by atoms with E-state index < -0.39 is 9.05 Å². The van der Waals surface area contributed by atoms with Gasteiger partial charge < -0.3 is 13.3 Å². The molecule has 0 aliphatic rings. The van der Waals surface area contributed by atoms with Gasteiger partial charge >= 0.3 is 9.05 Å². The van der Waals surface area contributed by atoms with E-state index in [1.807, 2.05) is 20.8 Å². The fourth-order valence-corrected chi connectivity index (χ4v) is 4.24. The van der Waals surface area contributed by atoms with E-state index >= 15 is 0 Å². The fourth-order valence-electron chi connectivity index (χ4n) is 2.65. The molecule has 0 rings (SSSR count). The second-order valence-corrected chi connectivity index (χ2v) is 8.34. The van der Waals surface area contributed by atoms with Crippen LogP contribution < -0.4 is 0 Å². The molecular formula is C19H42O6Si. The Labute approximate surface area is 162 Å². The van der Waals surface area contributed by atoms with Gasteiger partial charge in [-0.3, -0.25) is 0 Å². The summed E-state index contributed by atoms with van der Waals surface area (Å²) < 4.78 is 21.7. The Morgan fingerprint density at radius 3 is 1.38 bits per heavy atom. The van der Waals surface area contributed by atoms with Crippen LogP contribution in [0.5, 0.6) is 0 Å². The van der Waals surface area contributed by atoms with Crippen molar-refractivity contribution in [2.45, 2.75) is 98.3 Å². The molecule has 6 nitrogen and oxygen atoms in total. The van der Waals surface area contributed by atoms with E-state index in [9.17, 15) is 0 Å². The monoisotopic (exact) mass is 394 g/mol. The molecule has 0 fully saturated rings. The Bertz CT molecular complexity index is 264. The number of hydrogen-bond acceptors (Lipinski definition) is 6. The molecule has 0 aliphatic heterocycles. The highest BCUT2D eigenvalue weighted by Crippen LogP contribution is 2.14. The largest absolute Gasteiger partial charge is 0.710 e. The molecule has 0 N–H and O–H groups in total. The minimum absolute atomic E-state index is 0.425. The average Bonchev–Trinajstić information content (AvgIpc) is 2.63. The Balaban J connectivity index is 3.52. The summed E-state index contributed by atoms with van der Waals surface area (Å²) in [6.45, 7) is 9.60. The maximum Gasteiger partial charge on any atom is 0.710 e. The number of hydrogen-bond donors (Lipinski definition) is 0. The van der Waals surface area contributed by atoms with Gasteiger partial charge in [-0.2, -0.15) is 4.58 Å². The van der Waals surface area contributed by atoms with Crippen molar-refractivity contribution in [1.29, 1.82) is 0 Å². The van der Waals surface area contributed by atoms with Gasteiger partial charge in [-0.15, -0.1) is 0 Å². The highest BCUT2D eigenvalue weighted by Gasteiger charge is 2.47. The second-order valence-electron chi connectivity index (χ2n) is 6.31. The lowest BCUT2D eigenvalue weighted by Gasteiger charge is -2.24. The van der Waals surface area contributed by atoms with Crippen LogP contribution in [0, 0.1) is 0 Å². The zero-order valence-corrected chi connectivity index (χ0v) is 18.6. The first-order chi connectivity index (χ1) is 12.7. The second kappa shape index (κ2) is 19.7. The summed E-state index contributed by atoms with van der Waals surface area (Å²) in [5.41, 5.74) is 0. The molecule has 0 unspecified atom stereocenters. The summed E-state index contributed by atoms with van der Waals surface area (Å²) in [6, 6.07) is 0. The van der Waals surface area contributed by atoms with E-state index in [1.54, 1.807) is 0 Å². The van der Waals surface area contributed by atoms with Crippen LogP contribution in [0.15, 0.2) is 0 Å². The summed E-state index contributed by atoms with van der Waals surface area (Å²) in [6.07, 6.45) is 14.3. The van der Waals surface area contributed by atoms with Gasteiger partial charge in [0.15, 0.2) is 0 Å². The third-order valence-electron chi connectivity index (χ3n) is 3.98. The molecule has 0 radical (unpaired) electrons. The van der Waals surface area contributed by atoms with Gasteiger partial charge in [0.2, 0.25) is 0 Å². The predicted octanol–water partition coefficient (Wildman–Crippen LogP) is 5.72. The van der Waals surface area contributed by atoms with Crippen LogP contribution in [0.3, 0.4) is 0 Å². The molecule has 0 bridgehead atoms. The first kappa shape index (κ1) is 26.0. The molecule has 0 aromatic rings. The van der Waals surface area contributed by atoms with Gasteiger partial charge in [0.1, 0.15) is 0 Å². The Morgan fingerprint density at radius 2 is 0.962 bits per heavy atom. The van der Waals surface area contributed by atoms with E-state index in [-0.39, 0.29) is 0 Å². The van der Waals surface area contributed by atoms with Crippen LogP contribution in [-0.4, -0.2) is 35.5 Å². The smallest absolute Gasteiger partial charge is 0.350 e. The lowest BCUT2D eigenvalue weighted by atomic mass is 10.1. The summed E-state index contributed by atoms with van der Waals surface area (Å²) in [5, 5.41) is 4.84. The summed E-state index contributed by atoms with van der Waals surface area (Å²) in [4.78, 5) is 5.08. The van der Waals surface area contributed by atoms with Crippen LogP contribution in [0.25, 0.3) is 0 Å². The van der Waals surface area contributed by atoms with Crippen molar-refractivity contribution in [3.05, 3.63) is 0 Å². The standard InChI is InChI=1S/C19H42O6Si/c1-5-9-10-11-12-13-14-15-16-17-18-19-20-24-25-26(21-6-2,22-7-3)23-8-4/h5-19H2,1-4H3. The molecule has 0 atom stereocenters. The average molecular weight is 395 g/mol. The summed E-state index contributed by atoms with van der Waals surface area (Å²) in [5.74, 6) is 0. The van der Waals surface area contributed by atoms with Gasteiger partial charge in [-0.1, -0.05) is 76.2 Å². The van der Waals surface area contributed by atoms with Crippen molar-refractivity contribution in [2.75, 3.05) is 26.4 Å². The first-order valence-corrected chi connectivity index (χ1v) is 12.3. The SMILES string of the molecule is CCCCCCCCCCCCCOOO[Si](OCC)(OCC)OCC. The van der Waals surface area contributed by atoms with Gasteiger partial charge in [-0.25, -0.2) is 4.89 Å². The van der Waals surface area contributed by atoms with Crippen molar-refractivity contribution >= 4 is 9.05 Å². The lowest BCUT2D eigenvalue weighted by Crippen LogP contribution is -2.49. The molecule has 0 aromatic carbocycles. The molecule has 0 heterocycles. The third kappa shape index (κ3) is 15.1. The third-order valence-corrected chi connectivity index (χ3v) is 6.18.